The van der Waals surface area contributed by atoms with Crippen LogP contribution in [0, 0.1) is 13.8 Å². The van der Waals surface area contributed by atoms with Gasteiger partial charge in [0.25, 0.3) is 0 Å². The van der Waals surface area contributed by atoms with Crippen LogP contribution in [0.1, 0.15) is 11.1 Å². The number of aromatic nitrogens is 1. The minimum atomic E-state index is 1.02. The molecule has 0 bridgehead atoms. The molecule has 0 amide bonds. The number of anilines is 1. The van der Waals surface area contributed by atoms with Gasteiger partial charge in [0.2, 0.25) is 0 Å². The summed E-state index contributed by atoms with van der Waals surface area (Å²) >= 11 is 0. The lowest BCUT2D eigenvalue weighted by Crippen LogP contribution is -1.92. The lowest BCUT2D eigenvalue weighted by atomic mass is 10.0. The third-order valence-corrected chi connectivity index (χ3v) is 2.72. The number of rotatable bonds is 2. The van der Waals surface area contributed by atoms with Crippen LogP contribution in [0.3, 0.4) is 0 Å². The second-order valence-electron chi connectivity index (χ2n) is 4.00. The Morgan fingerprint density at radius 1 is 1.06 bits per heavy atom. The predicted octanol–water partition coefficient (Wildman–Crippen LogP) is 3.41. The van der Waals surface area contributed by atoms with Gasteiger partial charge in [0.05, 0.1) is 5.69 Å². The molecule has 16 heavy (non-hydrogen) atoms. The Morgan fingerprint density at radius 2 is 1.88 bits per heavy atom. The zero-order valence-electron chi connectivity index (χ0n) is 9.91. The molecule has 0 saturated carbocycles. The van der Waals surface area contributed by atoms with Crippen LogP contribution < -0.4 is 5.32 Å². The molecular weight excluding hydrogens is 196 g/mol. The highest BCUT2D eigenvalue weighted by atomic mass is 14.8. The summed E-state index contributed by atoms with van der Waals surface area (Å²) in [6.07, 6.45) is 1.84. The number of hydrogen-bond acceptors (Lipinski definition) is 2. The first-order valence-corrected chi connectivity index (χ1v) is 5.42. The topological polar surface area (TPSA) is 24.9 Å². The summed E-state index contributed by atoms with van der Waals surface area (Å²) in [5.41, 5.74) is 5.83. The summed E-state index contributed by atoms with van der Waals surface area (Å²) in [4.78, 5) is 4.42. The van der Waals surface area contributed by atoms with E-state index < -0.39 is 0 Å². The molecular formula is C14H16N2. The molecule has 1 aromatic heterocycles. The van der Waals surface area contributed by atoms with Gasteiger partial charge in [-0.3, -0.25) is 4.98 Å². The molecule has 0 spiro atoms. The third kappa shape index (κ3) is 2.06. The van der Waals surface area contributed by atoms with E-state index in [1.807, 2.05) is 19.3 Å². The molecule has 0 atom stereocenters. The summed E-state index contributed by atoms with van der Waals surface area (Å²) < 4.78 is 0. The molecule has 1 N–H and O–H groups in total. The average Bonchev–Trinajstić information content (AvgIpc) is 2.32. The Hall–Kier alpha value is -1.83. The fourth-order valence-electron chi connectivity index (χ4n) is 1.75. The fraction of sp³-hybridized carbons (Fsp3) is 0.214. The summed E-state index contributed by atoms with van der Waals surface area (Å²) in [5, 5.41) is 3.13. The van der Waals surface area contributed by atoms with Crippen LogP contribution in [0.4, 0.5) is 5.69 Å². The van der Waals surface area contributed by atoms with Gasteiger partial charge >= 0.3 is 0 Å². The van der Waals surface area contributed by atoms with E-state index >= 15 is 0 Å². The highest BCUT2D eigenvalue weighted by molar-refractivity contribution is 5.67. The number of hydrogen-bond donors (Lipinski definition) is 1. The van der Waals surface area contributed by atoms with Gasteiger partial charge in [-0.05, 0) is 37.6 Å². The first-order valence-electron chi connectivity index (χ1n) is 5.42. The van der Waals surface area contributed by atoms with Gasteiger partial charge in [0.1, 0.15) is 0 Å². The number of nitrogens with zero attached hydrogens (tertiary/aromatic N) is 1. The molecule has 0 aliphatic carbocycles. The predicted molar refractivity (Wildman–Crippen MR) is 68.7 cm³/mol. The van der Waals surface area contributed by atoms with E-state index in [1.54, 1.807) is 0 Å². The molecule has 2 aromatic rings. The van der Waals surface area contributed by atoms with E-state index in [9.17, 15) is 0 Å². The zero-order valence-corrected chi connectivity index (χ0v) is 9.91. The molecule has 1 heterocycles. The monoisotopic (exact) mass is 212 g/mol. The largest absolute Gasteiger partial charge is 0.388 e. The van der Waals surface area contributed by atoms with E-state index in [0.717, 1.165) is 11.4 Å². The van der Waals surface area contributed by atoms with Gasteiger partial charge in [-0.15, -0.1) is 0 Å². The zero-order chi connectivity index (χ0) is 11.5. The molecule has 2 nitrogen and oxygen atoms in total. The maximum atomic E-state index is 4.42. The summed E-state index contributed by atoms with van der Waals surface area (Å²) in [7, 11) is 1.92. The van der Waals surface area contributed by atoms with Crippen molar-refractivity contribution >= 4 is 5.69 Å². The molecule has 0 radical (unpaired) electrons. The minimum Gasteiger partial charge on any atom is -0.388 e. The molecule has 0 fully saturated rings. The summed E-state index contributed by atoms with van der Waals surface area (Å²) in [5.74, 6) is 0. The molecule has 1 aromatic carbocycles. The van der Waals surface area contributed by atoms with Crippen molar-refractivity contribution in [1.82, 2.24) is 4.98 Å². The van der Waals surface area contributed by atoms with E-state index in [1.165, 1.54) is 16.7 Å². The van der Waals surface area contributed by atoms with E-state index in [-0.39, 0.29) is 0 Å². The van der Waals surface area contributed by atoms with Gasteiger partial charge < -0.3 is 5.32 Å². The lowest BCUT2D eigenvalue weighted by Gasteiger charge is -2.08. The Kier molecular flexibility index (Phi) is 2.91. The molecule has 82 valence electrons. The minimum absolute atomic E-state index is 1.02. The SMILES string of the molecule is CNc1ccnc(-c2cc(C)ccc2C)c1. The summed E-state index contributed by atoms with van der Waals surface area (Å²) in [6.45, 7) is 4.22. The quantitative estimate of drug-likeness (QED) is 0.825. The number of nitrogens with one attached hydrogen (secondary N) is 1. The van der Waals surface area contributed by atoms with E-state index in [2.05, 4.69) is 48.4 Å². The van der Waals surface area contributed by atoms with Gasteiger partial charge in [-0.25, -0.2) is 0 Å². The summed E-state index contributed by atoms with van der Waals surface area (Å²) in [6, 6.07) is 10.5. The molecule has 0 aliphatic rings. The Balaban J connectivity index is 2.53. The maximum absolute atomic E-state index is 4.42. The van der Waals surface area contributed by atoms with Crippen molar-refractivity contribution in [3.05, 3.63) is 47.7 Å². The smallest absolute Gasteiger partial charge is 0.0725 e. The van der Waals surface area contributed by atoms with Crippen LogP contribution in [-0.4, -0.2) is 12.0 Å². The van der Waals surface area contributed by atoms with Crippen LogP contribution in [-0.2, 0) is 0 Å². The number of benzene rings is 1. The van der Waals surface area contributed by atoms with Crippen molar-refractivity contribution in [3.63, 3.8) is 0 Å². The first-order chi connectivity index (χ1) is 7.70. The molecule has 2 heteroatoms. The Morgan fingerprint density at radius 3 is 2.62 bits per heavy atom. The van der Waals surface area contributed by atoms with Gasteiger partial charge in [0, 0.05) is 24.5 Å². The molecule has 0 unspecified atom stereocenters. The van der Waals surface area contributed by atoms with Crippen LogP contribution in [0.5, 0.6) is 0 Å². The normalized spacial score (nSPS) is 10.2. The van der Waals surface area contributed by atoms with Gasteiger partial charge in [-0.2, -0.15) is 0 Å². The van der Waals surface area contributed by atoms with Crippen LogP contribution >= 0.6 is 0 Å². The van der Waals surface area contributed by atoms with Crippen LogP contribution in [0.15, 0.2) is 36.5 Å². The number of pyridine rings is 1. The van der Waals surface area contributed by atoms with Crippen molar-refractivity contribution in [2.45, 2.75) is 13.8 Å². The Labute approximate surface area is 96.4 Å². The molecule has 0 saturated heterocycles. The molecule has 0 aliphatic heterocycles. The maximum Gasteiger partial charge on any atom is 0.0725 e. The average molecular weight is 212 g/mol. The van der Waals surface area contributed by atoms with E-state index in [4.69, 9.17) is 0 Å². The second kappa shape index (κ2) is 4.35. The van der Waals surface area contributed by atoms with Crippen molar-refractivity contribution in [2.24, 2.45) is 0 Å². The Bertz CT molecular complexity index is 504. The van der Waals surface area contributed by atoms with Gasteiger partial charge in [-0.1, -0.05) is 17.7 Å². The highest BCUT2D eigenvalue weighted by Crippen LogP contribution is 2.24. The van der Waals surface area contributed by atoms with Crippen LogP contribution in [0.2, 0.25) is 0 Å². The highest BCUT2D eigenvalue weighted by Gasteiger charge is 2.04. The fourth-order valence-corrected chi connectivity index (χ4v) is 1.75. The van der Waals surface area contributed by atoms with Crippen molar-refractivity contribution in [1.29, 1.82) is 0 Å². The standard InChI is InChI=1S/C14H16N2/c1-10-4-5-11(2)13(8-10)14-9-12(15-3)6-7-16-14/h4-9H,1-3H3,(H,15,16). The van der Waals surface area contributed by atoms with Crippen LogP contribution in [0.25, 0.3) is 11.3 Å². The molecule has 2 rings (SSSR count). The van der Waals surface area contributed by atoms with Crippen molar-refractivity contribution in [3.8, 4) is 11.3 Å². The lowest BCUT2D eigenvalue weighted by molar-refractivity contribution is 1.29. The number of aryl methyl sites for hydroxylation is 2. The van der Waals surface area contributed by atoms with Crippen molar-refractivity contribution < 1.29 is 0 Å². The second-order valence-corrected chi connectivity index (χ2v) is 4.00. The first kappa shape index (κ1) is 10.7. The van der Waals surface area contributed by atoms with Gasteiger partial charge in [0.15, 0.2) is 0 Å². The third-order valence-electron chi connectivity index (χ3n) is 2.72. The van der Waals surface area contributed by atoms with Crippen molar-refractivity contribution in [2.75, 3.05) is 12.4 Å². The van der Waals surface area contributed by atoms with E-state index in [0.29, 0.717) is 0 Å².